The van der Waals surface area contributed by atoms with Crippen LogP contribution in [0.3, 0.4) is 0 Å². The molecule has 0 radical (unpaired) electrons. The van der Waals surface area contributed by atoms with Crippen molar-refractivity contribution >= 4 is 40.6 Å². The van der Waals surface area contributed by atoms with Gasteiger partial charge in [-0.3, -0.25) is 9.36 Å². The molecule has 4 rings (SSSR count). The van der Waals surface area contributed by atoms with Gasteiger partial charge in [0.1, 0.15) is 0 Å². The van der Waals surface area contributed by atoms with Crippen molar-refractivity contribution in [1.82, 2.24) is 14.8 Å². The first-order valence-corrected chi connectivity index (χ1v) is 11.4. The molecule has 0 unspecified atom stereocenters. The standard InChI is InChI=1S/C24H22ClN5OS/c1-17-10-12-21(13-11-17)30-22(15-26-20-9-5-6-18(25)14-20)28-29-24(30)32-16-23(31)27-19-7-3-2-4-8-19/h2-14,26H,15-16H2,1H3,(H,27,31). The third-order valence-electron chi connectivity index (χ3n) is 4.66. The number of benzene rings is 3. The van der Waals surface area contributed by atoms with E-state index in [0.29, 0.717) is 16.7 Å². The van der Waals surface area contributed by atoms with Gasteiger partial charge in [0.05, 0.1) is 12.3 Å². The lowest BCUT2D eigenvalue weighted by atomic mass is 10.2. The van der Waals surface area contributed by atoms with Gasteiger partial charge in [0, 0.05) is 22.1 Å². The molecule has 1 amide bonds. The first-order valence-electron chi connectivity index (χ1n) is 10.1. The minimum Gasteiger partial charge on any atom is -0.378 e. The van der Waals surface area contributed by atoms with Crippen molar-refractivity contribution in [2.45, 2.75) is 18.6 Å². The summed E-state index contributed by atoms with van der Waals surface area (Å²) in [6.07, 6.45) is 0. The van der Waals surface area contributed by atoms with Gasteiger partial charge in [-0.1, -0.05) is 65.3 Å². The smallest absolute Gasteiger partial charge is 0.234 e. The van der Waals surface area contributed by atoms with Crippen LogP contribution < -0.4 is 10.6 Å². The number of rotatable bonds is 8. The Morgan fingerprint density at radius 1 is 0.969 bits per heavy atom. The molecule has 0 aliphatic carbocycles. The fourth-order valence-electron chi connectivity index (χ4n) is 3.09. The van der Waals surface area contributed by atoms with Crippen LogP contribution in [0.15, 0.2) is 84.0 Å². The van der Waals surface area contributed by atoms with E-state index in [9.17, 15) is 4.79 Å². The maximum atomic E-state index is 12.4. The van der Waals surface area contributed by atoms with E-state index in [1.165, 1.54) is 11.8 Å². The van der Waals surface area contributed by atoms with Crippen molar-refractivity contribution in [2.75, 3.05) is 16.4 Å². The number of hydrogen-bond donors (Lipinski definition) is 2. The number of anilines is 2. The summed E-state index contributed by atoms with van der Waals surface area (Å²) in [6, 6.07) is 25.1. The maximum Gasteiger partial charge on any atom is 0.234 e. The van der Waals surface area contributed by atoms with Gasteiger partial charge in [-0.25, -0.2) is 0 Å². The van der Waals surface area contributed by atoms with Gasteiger partial charge in [-0.15, -0.1) is 10.2 Å². The van der Waals surface area contributed by atoms with Gasteiger partial charge in [0.25, 0.3) is 0 Å². The minimum atomic E-state index is -0.0988. The van der Waals surface area contributed by atoms with E-state index in [4.69, 9.17) is 11.6 Å². The zero-order valence-electron chi connectivity index (χ0n) is 17.5. The zero-order valence-corrected chi connectivity index (χ0v) is 19.0. The Morgan fingerprint density at radius 2 is 1.72 bits per heavy atom. The largest absolute Gasteiger partial charge is 0.378 e. The SMILES string of the molecule is Cc1ccc(-n2c(CNc3cccc(Cl)c3)nnc2SCC(=O)Nc2ccccc2)cc1. The lowest BCUT2D eigenvalue weighted by Gasteiger charge is -2.12. The van der Waals surface area contributed by atoms with Crippen molar-refractivity contribution in [1.29, 1.82) is 0 Å². The first-order chi connectivity index (χ1) is 15.6. The van der Waals surface area contributed by atoms with E-state index in [2.05, 4.69) is 20.8 Å². The van der Waals surface area contributed by atoms with E-state index in [1.54, 1.807) is 0 Å². The molecule has 0 aliphatic rings. The van der Waals surface area contributed by atoms with Crippen LogP contribution in [0, 0.1) is 6.92 Å². The molecule has 0 bridgehead atoms. The molecule has 1 aromatic heterocycles. The van der Waals surface area contributed by atoms with Crippen LogP contribution in [-0.2, 0) is 11.3 Å². The molecule has 6 nitrogen and oxygen atoms in total. The highest BCUT2D eigenvalue weighted by Gasteiger charge is 2.16. The topological polar surface area (TPSA) is 71.8 Å². The highest BCUT2D eigenvalue weighted by molar-refractivity contribution is 7.99. The number of thioether (sulfide) groups is 1. The molecular weight excluding hydrogens is 442 g/mol. The van der Waals surface area contributed by atoms with Gasteiger partial charge in [0.2, 0.25) is 5.91 Å². The second-order valence-electron chi connectivity index (χ2n) is 7.14. The number of carbonyl (C=O) groups excluding carboxylic acids is 1. The molecule has 2 N–H and O–H groups in total. The van der Waals surface area contributed by atoms with Crippen LogP contribution in [0.25, 0.3) is 5.69 Å². The molecule has 1 heterocycles. The fourth-order valence-corrected chi connectivity index (χ4v) is 4.05. The van der Waals surface area contributed by atoms with E-state index in [-0.39, 0.29) is 11.7 Å². The lowest BCUT2D eigenvalue weighted by molar-refractivity contribution is -0.113. The van der Waals surface area contributed by atoms with Gasteiger partial charge >= 0.3 is 0 Å². The summed E-state index contributed by atoms with van der Waals surface area (Å²) in [5, 5.41) is 16.3. The number of para-hydroxylation sites is 1. The average Bonchev–Trinajstić information content (AvgIpc) is 3.20. The molecule has 0 fully saturated rings. The molecule has 0 saturated carbocycles. The number of nitrogens with one attached hydrogen (secondary N) is 2. The molecule has 4 aromatic rings. The van der Waals surface area contributed by atoms with Crippen LogP contribution in [0.4, 0.5) is 11.4 Å². The van der Waals surface area contributed by atoms with Crippen LogP contribution in [0.5, 0.6) is 0 Å². The van der Waals surface area contributed by atoms with Gasteiger partial charge in [-0.2, -0.15) is 0 Å². The molecular formula is C24H22ClN5OS. The van der Waals surface area contributed by atoms with Crippen LogP contribution in [0.1, 0.15) is 11.4 Å². The number of nitrogens with zero attached hydrogens (tertiary/aromatic N) is 3. The van der Waals surface area contributed by atoms with Crippen molar-refractivity contribution in [3.8, 4) is 5.69 Å². The van der Waals surface area contributed by atoms with E-state index < -0.39 is 0 Å². The van der Waals surface area contributed by atoms with Crippen molar-refractivity contribution < 1.29 is 4.79 Å². The lowest BCUT2D eigenvalue weighted by Crippen LogP contribution is -2.14. The number of aromatic nitrogens is 3. The Hall–Kier alpha value is -3.29. The number of carbonyl (C=O) groups is 1. The van der Waals surface area contributed by atoms with Crippen LogP contribution in [0.2, 0.25) is 5.02 Å². The normalized spacial score (nSPS) is 10.7. The molecule has 3 aromatic carbocycles. The summed E-state index contributed by atoms with van der Waals surface area (Å²) in [4.78, 5) is 12.4. The Kier molecular flexibility index (Phi) is 7.09. The predicted octanol–water partition coefficient (Wildman–Crippen LogP) is 5.57. The highest BCUT2D eigenvalue weighted by atomic mass is 35.5. The highest BCUT2D eigenvalue weighted by Crippen LogP contribution is 2.24. The monoisotopic (exact) mass is 463 g/mol. The van der Waals surface area contributed by atoms with Crippen LogP contribution >= 0.6 is 23.4 Å². The fraction of sp³-hybridized carbons (Fsp3) is 0.125. The third kappa shape index (κ3) is 5.69. The molecule has 162 valence electrons. The second kappa shape index (κ2) is 10.3. The summed E-state index contributed by atoms with van der Waals surface area (Å²) in [5.74, 6) is 0.860. The summed E-state index contributed by atoms with van der Waals surface area (Å²) in [5.41, 5.74) is 3.77. The molecule has 0 aliphatic heterocycles. The second-order valence-corrected chi connectivity index (χ2v) is 8.52. The number of halogens is 1. The third-order valence-corrected chi connectivity index (χ3v) is 5.82. The molecule has 0 saturated heterocycles. The Bertz CT molecular complexity index is 1190. The molecule has 0 atom stereocenters. The summed E-state index contributed by atoms with van der Waals surface area (Å²) < 4.78 is 1.97. The number of aryl methyl sites for hydroxylation is 1. The molecule has 8 heteroatoms. The van der Waals surface area contributed by atoms with E-state index in [1.807, 2.05) is 90.4 Å². The van der Waals surface area contributed by atoms with Gasteiger partial charge in [0.15, 0.2) is 11.0 Å². The summed E-state index contributed by atoms with van der Waals surface area (Å²) in [7, 11) is 0. The van der Waals surface area contributed by atoms with Crippen LogP contribution in [-0.4, -0.2) is 26.4 Å². The van der Waals surface area contributed by atoms with Crippen molar-refractivity contribution in [3.63, 3.8) is 0 Å². The Labute approximate surface area is 196 Å². The Morgan fingerprint density at radius 3 is 2.47 bits per heavy atom. The zero-order chi connectivity index (χ0) is 22.3. The summed E-state index contributed by atoms with van der Waals surface area (Å²) >= 11 is 7.43. The van der Waals surface area contributed by atoms with Gasteiger partial charge < -0.3 is 10.6 Å². The quantitative estimate of drug-likeness (QED) is 0.334. The molecule has 32 heavy (non-hydrogen) atoms. The number of hydrogen-bond acceptors (Lipinski definition) is 5. The number of amides is 1. The van der Waals surface area contributed by atoms with E-state index >= 15 is 0 Å². The van der Waals surface area contributed by atoms with Crippen molar-refractivity contribution in [2.24, 2.45) is 0 Å². The molecule has 0 spiro atoms. The van der Waals surface area contributed by atoms with Gasteiger partial charge in [-0.05, 0) is 49.4 Å². The minimum absolute atomic E-state index is 0.0988. The van der Waals surface area contributed by atoms with E-state index in [0.717, 1.165) is 28.5 Å². The Balaban J connectivity index is 1.52. The maximum absolute atomic E-state index is 12.4. The van der Waals surface area contributed by atoms with Crippen molar-refractivity contribution in [3.05, 3.63) is 95.3 Å². The first kappa shape index (κ1) is 21.9. The average molecular weight is 464 g/mol. The predicted molar refractivity (Wildman–Crippen MR) is 131 cm³/mol. The summed E-state index contributed by atoms with van der Waals surface area (Å²) in [6.45, 7) is 2.50.